The average molecular weight is 348 g/mol. The summed E-state index contributed by atoms with van der Waals surface area (Å²) in [7, 11) is 1.83. The summed E-state index contributed by atoms with van der Waals surface area (Å²) in [6.07, 6.45) is 0. The number of carbonyl (C=O) groups is 1. The first-order valence-corrected chi connectivity index (χ1v) is 7.97. The maximum absolute atomic E-state index is 12.1. The lowest BCUT2D eigenvalue weighted by Gasteiger charge is -2.16. The molecule has 2 aromatic carbocycles. The van der Waals surface area contributed by atoms with Gasteiger partial charge < -0.3 is 10.1 Å². The van der Waals surface area contributed by atoms with Crippen LogP contribution in [-0.4, -0.2) is 31.0 Å². The highest BCUT2D eigenvalue weighted by molar-refractivity contribution is 5.77. The van der Waals surface area contributed by atoms with Gasteiger partial charge in [0, 0.05) is 13.1 Å². The zero-order chi connectivity index (χ0) is 18.2. The second-order valence-electron chi connectivity index (χ2n) is 5.96. The standard InChI is InChI=1S/C19H22F2N2O2/c1-14-3-5-15(6-4-14)11-22-18(24)13-23(2)12-16-7-9-17(10-8-16)25-19(20)21/h3-10,19H,11-13H2,1-2H3,(H,22,24). The molecule has 0 aromatic heterocycles. The lowest BCUT2D eigenvalue weighted by atomic mass is 10.1. The van der Waals surface area contributed by atoms with Gasteiger partial charge in [-0.2, -0.15) is 8.78 Å². The summed E-state index contributed by atoms with van der Waals surface area (Å²) >= 11 is 0. The van der Waals surface area contributed by atoms with Crippen LogP contribution < -0.4 is 10.1 Å². The van der Waals surface area contributed by atoms with Crippen LogP contribution in [0.4, 0.5) is 8.78 Å². The number of nitrogens with one attached hydrogen (secondary N) is 1. The molecule has 0 atom stereocenters. The number of hydrogen-bond acceptors (Lipinski definition) is 3. The van der Waals surface area contributed by atoms with Gasteiger partial charge in [0.15, 0.2) is 0 Å². The molecule has 0 heterocycles. The fraction of sp³-hybridized carbons (Fsp3) is 0.316. The minimum atomic E-state index is -2.83. The van der Waals surface area contributed by atoms with Gasteiger partial charge in [0.1, 0.15) is 5.75 Å². The van der Waals surface area contributed by atoms with E-state index in [9.17, 15) is 13.6 Å². The molecule has 0 aliphatic carbocycles. The third-order valence-corrected chi connectivity index (χ3v) is 3.62. The number of likely N-dealkylation sites (N-methyl/N-ethyl adjacent to an activating group) is 1. The van der Waals surface area contributed by atoms with Gasteiger partial charge in [-0.05, 0) is 37.2 Å². The number of ether oxygens (including phenoxy) is 1. The molecule has 0 bridgehead atoms. The molecule has 0 radical (unpaired) electrons. The molecule has 6 heteroatoms. The lowest BCUT2D eigenvalue weighted by molar-refractivity contribution is -0.122. The van der Waals surface area contributed by atoms with Crippen molar-refractivity contribution in [3.8, 4) is 5.75 Å². The van der Waals surface area contributed by atoms with Crippen LogP contribution in [0.5, 0.6) is 5.75 Å². The van der Waals surface area contributed by atoms with Gasteiger partial charge in [-0.15, -0.1) is 0 Å². The Kier molecular flexibility index (Phi) is 6.89. The molecule has 2 aromatic rings. The number of aryl methyl sites for hydroxylation is 1. The topological polar surface area (TPSA) is 41.6 Å². The quantitative estimate of drug-likeness (QED) is 0.795. The summed E-state index contributed by atoms with van der Waals surface area (Å²) in [6.45, 7) is 0.468. The molecule has 0 saturated heterocycles. The van der Waals surface area contributed by atoms with Crippen LogP contribution in [0.2, 0.25) is 0 Å². The predicted octanol–water partition coefficient (Wildman–Crippen LogP) is 3.34. The summed E-state index contributed by atoms with van der Waals surface area (Å²) in [4.78, 5) is 13.9. The minimum absolute atomic E-state index is 0.0688. The highest BCUT2D eigenvalue weighted by atomic mass is 19.3. The van der Waals surface area contributed by atoms with E-state index in [1.165, 1.54) is 17.7 Å². The predicted molar refractivity (Wildman–Crippen MR) is 92.4 cm³/mol. The summed E-state index contributed by atoms with van der Waals surface area (Å²) in [5.74, 6) is 0.0537. The highest BCUT2D eigenvalue weighted by Crippen LogP contribution is 2.15. The van der Waals surface area contributed by atoms with Crippen LogP contribution in [0.25, 0.3) is 0 Å². The molecule has 0 saturated carbocycles. The molecule has 0 aliphatic heterocycles. The van der Waals surface area contributed by atoms with Gasteiger partial charge in [-0.1, -0.05) is 42.0 Å². The van der Waals surface area contributed by atoms with E-state index in [2.05, 4.69) is 10.1 Å². The molecule has 0 aliphatic rings. The smallest absolute Gasteiger partial charge is 0.387 e. The Hall–Kier alpha value is -2.47. The SMILES string of the molecule is Cc1ccc(CNC(=O)CN(C)Cc2ccc(OC(F)F)cc2)cc1. The van der Waals surface area contributed by atoms with Crippen molar-refractivity contribution in [3.63, 3.8) is 0 Å². The minimum Gasteiger partial charge on any atom is -0.435 e. The maximum Gasteiger partial charge on any atom is 0.387 e. The van der Waals surface area contributed by atoms with E-state index in [1.54, 1.807) is 12.1 Å². The van der Waals surface area contributed by atoms with Gasteiger partial charge >= 0.3 is 6.61 Å². The summed E-state index contributed by atoms with van der Waals surface area (Å²) in [6, 6.07) is 14.4. The number of alkyl halides is 2. The highest BCUT2D eigenvalue weighted by Gasteiger charge is 2.08. The summed E-state index contributed by atoms with van der Waals surface area (Å²) in [5.41, 5.74) is 3.14. The number of hydrogen-bond donors (Lipinski definition) is 1. The average Bonchev–Trinajstić information content (AvgIpc) is 2.55. The van der Waals surface area contributed by atoms with Gasteiger partial charge in [0.25, 0.3) is 0 Å². The van der Waals surface area contributed by atoms with Crippen molar-refractivity contribution < 1.29 is 18.3 Å². The zero-order valence-corrected chi connectivity index (χ0v) is 14.3. The van der Waals surface area contributed by atoms with Gasteiger partial charge in [0.2, 0.25) is 5.91 Å². The normalized spacial score (nSPS) is 11.0. The first-order chi connectivity index (χ1) is 11.9. The number of rotatable bonds is 8. The fourth-order valence-electron chi connectivity index (χ4n) is 2.35. The number of benzene rings is 2. The van der Waals surface area contributed by atoms with Crippen molar-refractivity contribution in [2.75, 3.05) is 13.6 Å². The molecule has 134 valence electrons. The van der Waals surface area contributed by atoms with Crippen LogP contribution in [0.15, 0.2) is 48.5 Å². The van der Waals surface area contributed by atoms with Crippen molar-refractivity contribution in [2.45, 2.75) is 26.6 Å². The van der Waals surface area contributed by atoms with E-state index in [-0.39, 0.29) is 18.2 Å². The molecule has 1 N–H and O–H groups in total. The van der Waals surface area contributed by atoms with Crippen molar-refractivity contribution in [1.82, 2.24) is 10.2 Å². The molecule has 1 amide bonds. The maximum atomic E-state index is 12.1. The summed E-state index contributed by atoms with van der Waals surface area (Å²) < 4.78 is 28.5. The Morgan fingerprint density at radius 2 is 1.68 bits per heavy atom. The van der Waals surface area contributed by atoms with Gasteiger partial charge in [-0.3, -0.25) is 9.69 Å². The Morgan fingerprint density at radius 3 is 2.28 bits per heavy atom. The summed E-state index contributed by atoms with van der Waals surface area (Å²) in [5, 5.41) is 2.88. The number of nitrogens with zero attached hydrogens (tertiary/aromatic N) is 1. The molecule has 0 unspecified atom stereocenters. The number of halogens is 2. The first kappa shape index (κ1) is 18.9. The van der Waals surface area contributed by atoms with E-state index in [4.69, 9.17) is 0 Å². The third-order valence-electron chi connectivity index (χ3n) is 3.62. The van der Waals surface area contributed by atoms with Crippen LogP contribution in [0.3, 0.4) is 0 Å². The third kappa shape index (κ3) is 6.89. The van der Waals surface area contributed by atoms with E-state index >= 15 is 0 Å². The van der Waals surface area contributed by atoms with Gasteiger partial charge in [-0.25, -0.2) is 0 Å². The lowest BCUT2D eigenvalue weighted by Crippen LogP contribution is -2.34. The van der Waals surface area contributed by atoms with E-state index in [0.717, 1.165) is 11.1 Å². The van der Waals surface area contributed by atoms with Crippen LogP contribution in [-0.2, 0) is 17.9 Å². The largest absolute Gasteiger partial charge is 0.435 e. The fourth-order valence-corrected chi connectivity index (χ4v) is 2.35. The Bertz CT molecular complexity index is 673. The molecule has 0 spiro atoms. The van der Waals surface area contributed by atoms with Crippen molar-refractivity contribution >= 4 is 5.91 Å². The number of carbonyl (C=O) groups excluding carboxylic acids is 1. The second-order valence-corrected chi connectivity index (χ2v) is 5.96. The van der Waals surface area contributed by atoms with E-state index < -0.39 is 6.61 Å². The molecule has 4 nitrogen and oxygen atoms in total. The van der Waals surface area contributed by atoms with Crippen molar-refractivity contribution in [2.24, 2.45) is 0 Å². The van der Waals surface area contributed by atoms with Crippen LogP contribution >= 0.6 is 0 Å². The van der Waals surface area contributed by atoms with Gasteiger partial charge in [0.05, 0.1) is 6.54 Å². The molecule has 25 heavy (non-hydrogen) atoms. The van der Waals surface area contributed by atoms with E-state index in [1.807, 2.05) is 43.1 Å². The van der Waals surface area contributed by atoms with Crippen LogP contribution in [0, 0.1) is 6.92 Å². The Labute approximate surface area is 146 Å². The monoisotopic (exact) mass is 348 g/mol. The molecule has 0 fully saturated rings. The van der Waals surface area contributed by atoms with Crippen molar-refractivity contribution in [3.05, 3.63) is 65.2 Å². The Balaban J connectivity index is 1.76. The Morgan fingerprint density at radius 1 is 1.08 bits per heavy atom. The molecular weight excluding hydrogens is 326 g/mol. The van der Waals surface area contributed by atoms with Crippen LogP contribution in [0.1, 0.15) is 16.7 Å². The van der Waals surface area contributed by atoms with Crippen molar-refractivity contribution in [1.29, 1.82) is 0 Å². The second kappa shape index (κ2) is 9.13. The zero-order valence-electron chi connectivity index (χ0n) is 14.3. The van der Waals surface area contributed by atoms with E-state index in [0.29, 0.717) is 13.1 Å². The molecular formula is C19H22F2N2O2. The molecule has 2 rings (SSSR count). The first-order valence-electron chi connectivity index (χ1n) is 7.97. The number of amides is 1.